The number of imide groups is 1. The Morgan fingerprint density at radius 3 is 2.14 bits per heavy atom. The zero-order valence-corrected chi connectivity index (χ0v) is 20.8. The summed E-state index contributed by atoms with van der Waals surface area (Å²) in [6.45, 7) is 8.23. The molecule has 3 aromatic carbocycles. The first-order valence-corrected chi connectivity index (χ1v) is 11.7. The Hall–Kier alpha value is -3.90. The summed E-state index contributed by atoms with van der Waals surface area (Å²) < 4.78 is 0. The van der Waals surface area contributed by atoms with Crippen molar-refractivity contribution in [2.24, 2.45) is 0 Å². The Bertz CT molecular complexity index is 1340. The van der Waals surface area contributed by atoms with Crippen LogP contribution in [0.1, 0.15) is 34.0 Å². The number of hydrogen-bond donors (Lipinski definition) is 1. The molecule has 3 amide bonds. The van der Waals surface area contributed by atoms with Crippen LogP contribution in [0.15, 0.2) is 77.5 Å². The minimum atomic E-state index is -0.576. The van der Waals surface area contributed by atoms with Gasteiger partial charge in [0.15, 0.2) is 0 Å². The molecule has 1 aliphatic heterocycles. The van der Waals surface area contributed by atoms with Crippen LogP contribution in [-0.4, -0.2) is 24.3 Å². The predicted octanol–water partition coefficient (Wildman–Crippen LogP) is 5.71. The number of anilines is 3. The third-order valence-corrected chi connectivity index (χ3v) is 6.12. The summed E-state index contributed by atoms with van der Waals surface area (Å²) in [5, 5.41) is 2.78. The van der Waals surface area contributed by atoms with Gasteiger partial charge in [-0.2, -0.15) is 0 Å². The number of carbonyl (C=O) groups is 3. The maximum atomic E-state index is 13.1. The number of halogens is 1. The van der Waals surface area contributed by atoms with E-state index in [1.807, 2.05) is 58.0 Å². The molecule has 0 bridgehead atoms. The van der Waals surface area contributed by atoms with Crippen molar-refractivity contribution in [3.8, 4) is 0 Å². The van der Waals surface area contributed by atoms with E-state index in [-0.39, 0.29) is 16.6 Å². The molecule has 0 spiro atoms. The lowest BCUT2D eigenvalue weighted by atomic mass is 10.1. The summed E-state index contributed by atoms with van der Waals surface area (Å²) in [7, 11) is 0. The zero-order valence-electron chi connectivity index (χ0n) is 20.1. The fourth-order valence-corrected chi connectivity index (χ4v) is 4.37. The highest BCUT2D eigenvalue weighted by Gasteiger charge is 2.39. The third kappa shape index (κ3) is 4.84. The second-order valence-corrected chi connectivity index (χ2v) is 8.95. The number of benzene rings is 3. The number of rotatable bonds is 6. The van der Waals surface area contributed by atoms with Crippen LogP contribution in [0, 0.1) is 20.8 Å². The van der Waals surface area contributed by atoms with Crippen molar-refractivity contribution in [2.45, 2.75) is 27.7 Å². The van der Waals surface area contributed by atoms with E-state index in [9.17, 15) is 14.4 Å². The van der Waals surface area contributed by atoms with Crippen molar-refractivity contribution in [3.05, 3.63) is 99.7 Å². The molecular formula is C28H26ClN3O3. The number of amides is 3. The molecule has 0 atom stereocenters. The van der Waals surface area contributed by atoms with E-state index in [1.54, 1.807) is 41.3 Å². The predicted molar refractivity (Wildman–Crippen MR) is 140 cm³/mol. The van der Waals surface area contributed by atoms with Crippen LogP contribution in [0.5, 0.6) is 0 Å². The van der Waals surface area contributed by atoms with Crippen LogP contribution in [0.2, 0.25) is 0 Å². The fourth-order valence-electron chi connectivity index (χ4n) is 4.16. The summed E-state index contributed by atoms with van der Waals surface area (Å²) in [4.78, 5) is 41.7. The average molecular weight is 488 g/mol. The Morgan fingerprint density at radius 2 is 1.54 bits per heavy atom. The van der Waals surface area contributed by atoms with Crippen molar-refractivity contribution in [1.82, 2.24) is 0 Å². The molecule has 3 aromatic rings. The van der Waals surface area contributed by atoms with E-state index in [1.165, 1.54) is 0 Å². The van der Waals surface area contributed by atoms with Crippen molar-refractivity contribution in [2.75, 3.05) is 21.7 Å². The van der Waals surface area contributed by atoms with E-state index in [0.717, 1.165) is 27.3 Å². The van der Waals surface area contributed by atoms with Crippen LogP contribution in [0.4, 0.5) is 17.1 Å². The number of aryl methyl sites for hydroxylation is 3. The number of hydrogen-bond acceptors (Lipinski definition) is 4. The minimum Gasteiger partial charge on any atom is -0.350 e. The molecule has 0 radical (unpaired) electrons. The van der Waals surface area contributed by atoms with Gasteiger partial charge in [-0.15, -0.1) is 0 Å². The highest BCUT2D eigenvalue weighted by Crippen LogP contribution is 2.31. The normalized spacial score (nSPS) is 13.5. The largest absolute Gasteiger partial charge is 0.350 e. The van der Waals surface area contributed by atoms with E-state index in [4.69, 9.17) is 11.6 Å². The van der Waals surface area contributed by atoms with Gasteiger partial charge in [0.25, 0.3) is 17.7 Å². The molecule has 0 unspecified atom stereocenters. The summed E-state index contributed by atoms with van der Waals surface area (Å²) in [6, 6.07) is 20.0. The summed E-state index contributed by atoms with van der Waals surface area (Å²) >= 11 is 6.26. The van der Waals surface area contributed by atoms with Gasteiger partial charge in [0.1, 0.15) is 10.7 Å². The van der Waals surface area contributed by atoms with Crippen molar-refractivity contribution < 1.29 is 14.4 Å². The van der Waals surface area contributed by atoms with Gasteiger partial charge in [0.05, 0.1) is 5.69 Å². The van der Waals surface area contributed by atoms with Gasteiger partial charge >= 0.3 is 0 Å². The van der Waals surface area contributed by atoms with Crippen LogP contribution >= 0.6 is 11.6 Å². The molecule has 0 fully saturated rings. The first-order valence-electron chi connectivity index (χ1n) is 11.3. The van der Waals surface area contributed by atoms with Crippen LogP contribution in [0.25, 0.3) is 0 Å². The molecule has 7 heteroatoms. The molecule has 0 saturated carbocycles. The second-order valence-electron chi connectivity index (χ2n) is 8.57. The molecular weight excluding hydrogens is 462 g/mol. The zero-order chi connectivity index (χ0) is 25.3. The van der Waals surface area contributed by atoms with Gasteiger partial charge in [-0.1, -0.05) is 29.8 Å². The van der Waals surface area contributed by atoms with Crippen molar-refractivity contribution >= 4 is 46.4 Å². The lowest BCUT2D eigenvalue weighted by Gasteiger charge is -2.21. The standard InChI is InChI=1S/C28H26ClN3O3/c1-5-31(22-8-6-7-17(2)14-22)26(33)20-9-11-21(12-10-20)30-25-24(29)27(34)32(28(25)35)23-15-18(3)13-19(4)16-23/h6-16,30H,5H2,1-4H3. The Labute approximate surface area is 209 Å². The average Bonchev–Trinajstić information content (AvgIpc) is 3.02. The maximum Gasteiger partial charge on any atom is 0.283 e. The Morgan fingerprint density at radius 1 is 0.886 bits per heavy atom. The highest BCUT2D eigenvalue weighted by atomic mass is 35.5. The van der Waals surface area contributed by atoms with Crippen LogP contribution < -0.4 is 15.1 Å². The monoisotopic (exact) mass is 487 g/mol. The highest BCUT2D eigenvalue weighted by molar-refractivity contribution is 6.53. The second kappa shape index (κ2) is 9.76. The molecule has 178 valence electrons. The molecule has 0 aliphatic carbocycles. The van der Waals surface area contributed by atoms with Gasteiger partial charge in [-0.05, 0) is 92.9 Å². The molecule has 1 aliphatic rings. The lowest BCUT2D eigenvalue weighted by molar-refractivity contribution is -0.120. The molecule has 35 heavy (non-hydrogen) atoms. The number of nitrogens with zero attached hydrogens (tertiary/aromatic N) is 2. The van der Waals surface area contributed by atoms with Crippen LogP contribution in [-0.2, 0) is 9.59 Å². The molecule has 1 N–H and O–H groups in total. The first kappa shape index (κ1) is 24.2. The first-order chi connectivity index (χ1) is 16.7. The molecule has 0 aromatic heterocycles. The van der Waals surface area contributed by atoms with E-state index < -0.39 is 11.8 Å². The smallest absolute Gasteiger partial charge is 0.283 e. The minimum absolute atomic E-state index is 0.00449. The van der Waals surface area contributed by atoms with Gasteiger partial charge in [-0.25, -0.2) is 4.90 Å². The third-order valence-electron chi connectivity index (χ3n) is 5.77. The summed E-state index contributed by atoms with van der Waals surface area (Å²) in [5.74, 6) is -1.23. The SMILES string of the molecule is CCN(C(=O)c1ccc(NC2=C(Cl)C(=O)N(c3cc(C)cc(C)c3)C2=O)cc1)c1cccc(C)c1. The summed E-state index contributed by atoms with van der Waals surface area (Å²) in [6.07, 6.45) is 0. The van der Waals surface area contributed by atoms with Gasteiger partial charge in [0, 0.05) is 23.5 Å². The topological polar surface area (TPSA) is 69.7 Å². The Kier molecular flexibility index (Phi) is 6.76. The number of nitrogens with one attached hydrogen (secondary N) is 1. The van der Waals surface area contributed by atoms with E-state index >= 15 is 0 Å². The molecule has 0 saturated heterocycles. The summed E-state index contributed by atoms with van der Waals surface area (Å²) in [5.41, 5.74) is 5.30. The number of carbonyl (C=O) groups excluding carboxylic acids is 3. The van der Waals surface area contributed by atoms with Crippen LogP contribution in [0.3, 0.4) is 0 Å². The van der Waals surface area contributed by atoms with Crippen molar-refractivity contribution in [1.29, 1.82) is 0 Å². The van der Waals surface area contributed by atoms with E-state index in [2.05, 4.69) is 5.32 Å². The van der Waals surface area contributed by atoms with E-state index in [0.29, 0.717) is 23.5 Å². The quantitative estimate of drug-likeness (QED) is 0.452. The van der Waals surface area contributed by atoms with Crippen molar-refractivity contribution in [3.63, 3.8) is 0 Å². The van der Waals surface area contributed by atoms with Gasteiger partial charge in [-0.3, -0.25) is 14.4 Å². The molecule has 4 rings (SSSR count). The lowest BCUT2D eigenvalue weighted by Crippen LogP contribution is -2.32. The molecule has 6 nitrogen and oxygen atoms in total. The fraction of sp³-hybridized carbons (Fsp3) is 0.179. The van der Waals surface area contributed by atoms with Gasteiger partial charge in [0.2, 0.25) is 0 Å². The van der Waals surface area contributed by atoms with Gasteiger partial charge < -0.3 is 10.2 Å². The molecule has 1 heterocycles. The maximum absolute atomic E-state index is 13.1. The Balaban J connectivity index is 1.53.